The normalized spacial score (nSPS) is 10.5. The summed E-state index contributed by atoms with van der Waals surface area (Å²) in [5.41, 5.74) is 2.14. The van der Waals surface area contributed by atoms with Crippen molar-refractivity contribution in [3.63, 3.8) is 0 Å². The fraction of sp³-hybridized carbons (Fsp3) is 0.222. The van der Waals surface area contributed by atoms with Crippen LogP contribution in [0.3, 0.4) is 0 Å². The van der Waals surface area contributed by atoms with Crippen molar-refractivity contribution < 1.29 is 0 Å². The lowest BCUT2D eigenvalue weighted by atomic mass is 10.2. The Labute approximate surface area is 77.3 Å². The van der Waals surface area contributed by atoms with Crippen LogP contribution in [0.1, 0.15) is 5.56 Å². The Kier molecular flexibility index (Phi) is 3.61. The molecular formula is C9H11ClN2. The van der Waals surface area contributed by atoms with Crippen molar-refractivity contribution in [2.75, 3.05) is 12.4 Å². The zero-order valence-electron chi connectivity index (χ0n) is 6.92. The van der Waals surface area contributed by atoms with Gasteiger partial charge in [0.2, 0.25) is 0 Å². The van der Waals surface area contributed by atoms with Gasteiger partial charge < -0.3 is 5.32 Å². The average Bonchev–Trinajstić information content (AvgIpc) is 2.15. The van der Waals surface area contributed by atoms with Crippen molar-refractivity contribution in [1.29, 1.82) is 0 Å². The average molecular weight is 183 g/mol. The zero-order chi connectivity index (χ0) is 8.81. The molecule has 1 rings (SSSR count). The second-order valence-corrected chi connectivity index (χ2v) is 2.63. The van der Waals surface area contributed by atoms with Gasteiger partial charge >= 0.3 is 0 Å². The molecule has 64 valence electrons. The van der Waals surface area contributed by atoms with Crippen LogP contribution in [0.15, 0.2) is 29.3 Å². The van der Waals surface area contributed by atoms with Crippen molar-refractivity contribution in [2.45, 2.75) is 5.88 Å². The summed E-state index contributed by atoms with van der Waals surface area (Å²) < 4.78 is 0. The van der Waals surface area contributed by atoms with Crippen molar-refractivity contribution in [2.24, 2.45) is 4.99 Å². The number of halogens is 1. The summed E-state index contributed by atoms with van der Waals surface area (Å²) in [5, 5.41) is 3.01. The lowest BCUT2D eigenvalue weighted by Gasteiger charge is -1.99. The van der Waals surface area contributed by atoms with E-state index in [0.29, 0.717) is 5.88 Å². The number of alkyl halides is 1. The van der Waals surface area contributed by atoms with Crippen LogP contribution in [0, 0.1) is 0 Å². The molecule has 1 N–H and O–H groups in total. The number of anilines is 1. The SMILES string of the molecule is CN=CNc1ccc(CCl)cc1. The molecule has 0 aliphatic carbocycles. The predicted octanol–water partition coefficient (Wildman–Crippen LogP) is 2.50. The highest BCUT2D eigenvalue weighted by Crippen LogP contribution is 2.09. The Bertz CT molecular complexity index is 254. The number of hydrogen-bond donors (Lipinski definition) is 1. The van der Waals surface area contributed by atoms with Gasteiger partial charge in [-0.05, 0) is 17.7 Å². The molecule has 0 aliphatic heterocycles. The van der Waals surface area contributed by atoms with Crippen LogP contribution in [0.2, 0.25) is 0 Å². The second-order valence-electron chi connectivity index (χ2n) is 2.36. The highest BCUT2D eigenvalue weighted by Gasteiger charge is 1.89. The van der Waals surface area contributed by atoms with E-state index in [1.165, 1.54) is 0 Å². The second kappa shape index (κ2) is 4.78. The van der Waals surface area contributed by atoms with Gasteiger partial charge in [-0.2, -0.15) is 0 Å². The highest BCUT2D eigenvalue weighted by atomic mass is 35.5. The Morgan fingerprint density at radius 1 is 1.42 bits per heavy atom. The molecule has 0 saturated heterocycles. The van der Waals surface area contributed by atoms with E-state index < -0.39 is 0 Å². The Morgan fingerprint density at radius 2 is 2.08 bits per heavy atom. The topological polar surface area (TPSA) is 24.4 Å². The maximum atomic E-state index is 5.64. The fourth-order valence-corrected chi connectivity index (χ4v) is 1.01. The van der Waals surface area contributed by atoms with Gasteiger partial charge in [-0.3, -0.25) is 4.99 Å². The summed E-state index contributed by atoms with van der Waals surface area (Å²) in [6.45, 7) is 0. The van der Waals surface area contributed by atoms with Crippen molar-refractivity contribution in [3.8, 4) is 0 Å². The molecule has 2 nitrogen and oxygen atoms in total. The number of nitrogens with zero attached hydrogens (tertiary/aromatic N) is 1. The van der Waals surface area contributed by atoms with Gasteiger partial charge in [-0.1, -0.05) is 12.1 Å². The van der Waals surface area contributed by atoms with Gasteiger partial charge in [0, 0.05) is 18.6 Å². The Morgan fingerprint density at radius 3 is 2.58 bits per heavy atom. The molecule has 0 radical (unpaired) electrons. The first kappa shape index (κ1) is 9.07. The molecule has 0 aliphatic rings. The zero-order valence-corrected chi connectivity index (χ0v) is 7.67. The quantitative estimate of drug-likeness (QED) is 0.434. The largest absolute Gasteiger partial charge is 0.347 e. The van der Waals surface area contributed by atoms with E-state index >= 15 is 0 Å². The molecule has 0 heterocycles. The lowest BCUT2D eigenvalue weighted by Crippen LogP contribution is -1.93. The molecular weight excluding hydrogens is 172 g/mol. The van der Waals surface area contributed by atoms with E-state index in [2.05, 4.69) is 10.3 Å². The number of hydrogen-bond acceptors (Lipinski definition) is 1. The van der Waals surface area contributed by atoms with E-state index in [1.54, 1.807) is 13.4 Å². The number of aliphatic imine (C=N–C) groups is 1. The van der Waals surface area contributed by atoms with Crippen LogP contribution >= 0.6 is 11.6 Å². The molecule has 0 unspecified atom stereocenters. The van der Waals surface area contributed by atoms with Crippen LogP contribution in [-0.2, 0) is 5.88 Å². The number of nitrogens with one attached hydrogen (secondary N) is 1. The van der Waals surface area contributed by atoms with Gasteiger partial charge in [0.15, 0.2) is 0 Å². The van der Waals surface area contributed by atoms with Gasteiger partial charge in [-0.25, -0.2) is 0 Å². The van der Waals surface area contributed by atoms with Gasteiger partial charge in [0.1, 0.15) is 0 Å². The minimum absolute atomic E-state index is 0.558. The van der Waals surface area contributed by atoms with E-state index in [1.807, 2.05) is 24.3 Å². The summed E-state index contributed by atoms with van der Waals surface area (Å²) in [6.07, 6.45) is 1.65. The van der Waals surface area contributed by atoms with Crippen LogP contribution in [0.25, 0.3) is 0 Å². The molecule has 0 saturated carbocycles. The molecule has 0 fully saturated rings. The molecule has 0 bridgehead atoms. The predicted molar refractivity (Wildman–Crippen MR) is 54.0 cm³/mol. The minimum Gasteiger partial charge on any atom is -0.347 e. The monoisotopic (exact) mass is 182 g/mol. The molecule has 0 aromatic heterocycles. The first-order valence-electron chi connectivity index (χ1n) is 3.69. The van der Waals surface area contributed by atoms with Crippen molar-refractivity contribution in [1.82, 2.24) is 0 Å². The smallest absolute Gasteiger partial charge is 0.0864 e. The van der Waals surface area contributed by atoms with Crippen LogP contribution in [0.5, 0.6) is 0 Å². The molecule has 12 heavy (non-hydrogen) atoms. The minimum atomic E-state index is 0.558. The summed E-state index contributed by atoms with van der Waals surface area (Å²) in [6, 6.07) is 7.91. The molecule has 0 atom stereocenters. The Hall–Kier alpha value is -1.02. The number of benzene rings is 1. The van der Waals surface area contributed by atoms with Crippen LogP contribution < -0.4 is 5.32 Å². The molecule has 3 heteroatoms. The molecule has 1 aromatic rings. The maximum Gasteiger partial charge on any atom is 0.0864 e. The van der Waals surface area contributed by atoms with E-state index in [0.717, 1.165) is 11.3 Å². The van der Waals surface area contributed by atoms with E-state index in [-0.39, 0.29) is 0 Å². The first-order valence-corrected chi connectivity index (χ1v) is 4.22. The van der Waals surface area contributed by atoms with Crippen LogP contribution in [0.4, 0.5) is 5.69 Å². The third kappa shape index (κ3) is 2.55. The van der Waals surface area contributed by atoms with Crippen LogP contribution in [-0.4, -0.2) is 13.4 Å². The number of rotatable bonds is 3. The standard InChI is InChI=1S/C9H11ClN2/c1-11-7-12-9-4-2-8(6-10)3-5-9/h2-5,7H,6H2,1H3,(H,11,12). The summed E-state index contributed by atoms with van der Waals surface area (Å²) >= 11 is 5.64. The van der Waals surface area contributed by atoms with Gasteiger partial charge in [0.25, 0.3) is 0 Å². The maximum absolute atomic E-state index is 5.64. The van der Waals surface area contributed by atoms with E-state index in [9.17, 15) is 0 Å². The summed E-state index contributed by atoms with van der Waals surface area (Å²) in [4.78, 5) is 3.81. The highest BCUT2D eigenvalue weighted by molar-refractivity contribution is 6.17. The summed E-state index contributed by atoms with van der Waals surface area (Å²) in [7, 11) is 1.72. The lowest BCUT2D eigenvalue weighted by molar-refractivity contribution is 1.40. The van der Waals surface area contributed by atoms with E-state index in [4.69, 9.17) is 11.6 Å². The van der Waals surface area contributed by atoms with Crippen molar-refractivity contribution in [3.05, 3.63) is 29.8 Å². The van der Waals surface area contributed by atoms with Gasteiger partial charge in [-0.15, -0.1) is 11.6 Å². The molecule has 1 aromatic carbocycles. The molecule has 0 amide bonds. The first-order chi connectivity index (χ1) is 5.86. The van der Waals surface area contributed by atoms with Crippen molar-refractivity contribution >= 4 is 23.6 Å². The summed E-state index contributed by atoms with van der Waals surface area (Å²) in [5.74, 6) is 0.558. The third-order valence-corrected chi connectivity index (χ3v) is 1.78. The fourth-order valence-electron chi connectivity index (χ4n) is 0.829. The Balaban J connectivity index is 2.64. The third-order valence-electron chi connectivity index (χ3n) is 1.47. The van der Waals surface area contributed by atoms with Gasteiger partial charge in [0.05, 0.1) is 6.34 Å². The molecule has 0 spiro atoms.